The SMILES string of the molecule is Br[C@@H](c1ccccc1)[C@H](c1ccccc1)n1nnnc1Cc1ccccc1. The molecule has 3 aromatic carbocycles. The predicted octanol–water partition coefficient (Wildman–Crippen LogP) is 4.99. The average Bonchev–Trinajstić information content (AvgIpc) is 3.18. The van der Waals surface area contributed by atoms with E-state index in [2.05, 4.69) is 80.0 Å². The Balaban J connectivity index is 1.75. The van der Waals surface area contributed by atoms with Crippen molar-refractivity contribution in [1.82, 2.24) is 20.2 Å². The summed E-state index contributed by atoms with van der Waals surface area (Å²) in [7, 11) is 0. The number of nitrogens with zero attached hydrogens (tertiary/aromatic N) is 4. The molecule has 1 aromatic heterocycles. The van der Waals surface area contributed by atoms with Gasteiger partial charge in [-0.3, -0.25) is 0 Å². The van der Waals surface area contributed by atoms with Crippen molar-refractivity contribution in [3.05, 3.63) is 114 Å². The minimum atomic E-state index is -0.0534. The minimum Gasteiger partial charge on any atom is -0.220 e. The van der Waals surface area contributed by atoms with E-state index in [0.29, 0.717) is 6.42 Å². The zero-order chi connectivity index (χ0) is 18.5. The summed E-state index contributed by atoms with van der Waals surface area (Å²) in [5.41, 5.74) is 3.53. The molecule has 0 spiro atoms. The second kappa shape index (κ2) is 8.27. The number of alkyl halides is 1. The quantitative estimate of drug-likeness (QED) is 0.414. The molecule has 0 saturated heterocycles. The van der Waals surface area contributed by atoms with Crippen molar-refractivity contribution in [3.63, 3.8) is 0 Å². The first-order chi connectivity index (χ1) is 13.3. The Kier molecular flexibility index (Phi) is 5.39. The van der Waals surface area contributed by atoms with Crippen LogP contribution >= 0.6 is 15.9 Å². The lowest BCUT2D eigenvalue weighted by Crippen LogP contribution is -2.20. The molecule has 134 valence electrons. The number of halogens is 1. The summed E-state index contributed by atoms with van der Waals surface area (Å²) in [6.07, 6.45) is 0.686. The third-order valence-corrected chi connectivity index (χ3v) is 5.60. The maximum atomic E-state index is 4.36. The number of benzene rings is 3. The molecule has 0 aliphatic heterocycles. The highest BCUT2D eigenvalue weighted by molar-refractivity contribution is 9.09. The van der Waals surface area contributed by atoms with Crippen molar-refractivity contribution in [2.24, 2.45) is 0 Å². The number of hydrogen-bond acceptors (Lipinski definition) is 3. The molecule has 5 heteroatoms. The van der Waals surface area contributed by atoms with Crippen LogP contribution < -0.4 is 0 Å². The van der Waals surface area contributed by atoms with Gasteiger partial charge in [-0.25, -0.2) is 4.68 Å². The molecule has 0 radical (unpaired) electrons. The first-order valence-electron chi connectivity index (χ1n) is 8.87. The topological polar surface area (TPSA) is 43.6 Å². The summed E-state index contributed by atoms with van der Waals surface area (Å²) in [6.45, 7) is 0. The van der Waals surface area contributed by atoms with Crippen LogP contribution in [0.2, 0.25) is 0 Å². The van der Waals surface area contributed by atoms with Gasteiger partial charge in [0.2, 0.25) is 0 Å². The fraction of sp³-hybridized carbons (Fsp3) is 0.136. The third kappa shape index (κ3) is 3.98. The van der Waals surface area contributed by atoms with Gasteiger partial charge in [0.1, 0.15) is 0 Å². The van der Waals surface area contributed by atoms with Crippen molar-refractivity contribution >= 4 is 15.9 Å². The lowest BCUT2D eigenvalue weighted by molar-refractivity contribution is 0.485. The Morgan fingerprint density at radius 1 is 0.741 bits per heavy atom. The molecule has 0 aliphatic rings. The summed E-state index contributed by atoms with van der Waals surface area (Å²) in [5.74, 6) is 0.843. The van der Waals surface area contributed by atoms with E-state index < -0.39 is 0 Å². The van der Waals surface area contributed by atoms with Crippen LogP contribution in [0.15, 0.2) is 91.0 Å². The molecule has 4 rings (SSSR count). The highest BCUT2D eigenvalue weighted by Crippen LogP contribution is 2.39. The molecular formula is C22H19BrN4. The molecule has 0 aliphatic carbocycles. The smallest absolute Gasteiger partial charge is 0.156 e. The minimum absolute atomic E-state index is 0.0409. The van der Waals surface area contributed by atoms with Crippen molar-refractivity contribution in [1.29, 1.82) is 0 Å². The molecule has 1 heterocycles. The highest BCUT2D eigenvalue weighted by atomic mass is 79.9. The van der Waals surface area contributed by atoms with Gasteiger partial charge >= 0.3 is 0 Å². The van der Waals surface area contributed by atoms with E-state index in [-0.39, 0.29) is 10.9 Å². The Morgan fingerprint density at radius 3 is 1.93 bits per heavy atom. The maximum absolute atomic E-state index is 4.36. The van der Waals surface area contributed by atoms with Gasteiger partial charge in [0.05, 0.1) is 10.9 Å². The normalized spacial score (nSPS) is 13.2. The Bertz CT molecular complexity index is 971. The van der Waals surface area contributed by atoms with Crippen molar-refractivity contribution in [2.75, 3.05) is 0 Å². The van der Waals surface area contributed by atoms with Gasteiger partial charge in [-0.2, -0.15) is 0 Å². The molecule has 0 amide bonds. The van der Waals surface area contributed by atoms with Crippen LogP contribution in [0.3, 0.4) is 0 Å². The predicted molar refractivity (Wildman–Crippen MR) is 110 cm³/mol. The lowest BCUT2D eigenvalue weighted by atomic mass is 9.98. The molecular weight excluding hydrogens is 400 g/mol. The molecule has 27 heavy (non-hydrogen) atoms. The molecule has 0 saturated carbocycles. The Morgan fingerprint density at radius 2 is 1.30 bits per heavy atom. The van der Waals surface area contributed by atoms with Gasteiger partial charge in [-0.1, -0.05) is 107 Å². The third-order valence-electron chi connectivity index (χ3n) is 4.57. The fourth-order valence-corrected chi connectivity index (χ4v) is 4.06. The molecule has 0 unspecified atom stereocenters. The van der Waals surface area contributed by atoms with Gasteiger partial charge < -0.3 is 0 Å². The summed E-state index contributed by atoms with van der Waals surface area (Å²) < 4.78 is 1.94. The van der Waals surface area contributed by atoms with Crippen LogP contribution in [0.5, 0.6) is 0 Å². The Hall–Kier alpha value is -2.79. The van der Waals surface area contributed by atoms with Crippen molar-refractivity contribution in [2.45, 2.75) is 17.3 Å². The van der Waals surface area contributed by atoms with Gasteiger partial charge in [0.15, 0.2) is 5.82 Å². The zero-order valence-corrected chi connectivity index (χ0v) is 16.3. The van der Waals surface area contributed by atoms with Crippen LogP contribution in [-0.4, -0.2) is 20.2 Å². The summed E-state index contributed by atoms with van der Waals surface area (Å²) in [4.78, 5) is 0.0409. The van der Waals surface area contributed by atoms with E-state index in [4.69, 9.17) is 0 Å². The summed E-state index contributed by atoms with van der Waals surface area (Å²) in [5, 5.41) is 12.7. The van der Waals surface area contributed by atoms with E-state index >= 15 is 0 Å². The number of tetrazole rings is 1. The Labute approximate surface area is 167 Å². The maximum Gasteiger partial charge on any atom is 0.156 e. The first kappa shape index (κ1) is 17.6. The number of rotatable bonds is 6. The molecule has 4 nitrogen and oxygen atoms in total. The van der Waals surface area contributed by atoms with Crippen LogP contribution in [0.1, 0.15) is 33.4 Å². The van der Waals surface area contributed by atoms with Gasteiger partial charge in [0, 0.05) is 6.42 Å². The van der Waals surface area contributed by atoms with Gasteiger partial charge in [-0.05, 0) is 27.1 Å². The molecule has 2 atom stereocenters. The highest BCUT2D eigenvalue weighted by Gasteiger charge is 2.27. The van der Waals surface area contributed by atoms with Crippen LogP contribution in [-0.2, 0) is 6.42 Å². The van der Waals surface area contributed by atoms with Gasteiger partial charge in [0.25, 0.3) is 0 Å². The monoisotopic (exact) mass is 418 g/mol. The van der Waals surface area contributed by atoms with Crippen molar-refractivity contribution < 1.29 is 0 Å². The van der Waals surface area contributed by atoms with E-state index in [1.54, 1.807) is 0 Å². The largest absolute Gasteiger partial charge is 0.220 e. The summed E-state index contributed by atoms with van der Waals surface area (Å²) in [6, 6.07) is 31.0. The van der Waals surface area contributed by atoms with Crippen LogP contribution in [0.4, 0.5) is 0 Å². The van der Waals surface area contributed by atoms with Crippen molar-refractivity contribution in [3.8, 4) is 0 Å². The second-order valence-corrected chi connectivity index (χ2v) is 7.36. The van der Waals surface area contributed by atoms with Crippen LogP contribution in [0.25, 0.3) is 0 Å². The van der Waals surface area contributed by atoms with E-state index in [9.17, 15) is 0 Å². The molecule has 0 fully saturated rings. The first-order valence-corrected chi connectivity index (χ1v) is 9.79. The average molecular weight is 419 g/mol. The van der Waals surface area contributed by atoms with E-state index in [1.807, 2.05) is 47.1 Å². The molecule has 4 aromatic rings. The molecule has 0 N–H and O–H groups in total. The fourth-order valence-electron chi connectivity index (χ4n) is 3.23. The summed E-state index contributed by atoms with van der Waals surface area (Å²) >= 11 is 3.91. The standard InChI is InChI=1S/C22H19BrN4/c23-21(18-12-6-2-7-13-18)22(19-14-8-3-9-15-19)27-20(24-25-26-27)16-17-10-4-1-5-11-17/h1-15,21-22H,16H2/t21-,22-/m0/s1. The molecule has 0 bridgehead atoms. The van der Waals surface area contributed by atoms with E-state index in [0.717, 1.165) is 11.4 Å². The van der Waals surface area contributed by atoms with Gasteiger partial charge in [-0.15, -0.1) is 5.10 Å². The van der Waals surface area contributed by atoms with Crippen LogP contribution in [0, 0.1) is 0 Å². The lowest BCUT2D eigenvalue weighted by Gasteiger charge is -2.24. The number of aromatic nitrogens is 4. The van der Waals surface area contributed by atoms with E-state index in [1.165, 1.54) is 11.1 Å². The number of hydrogen-bond donors (Lipinski definition) is 0. The zero-order valence-electron chi connectivity index (χ0n) is 14.7. The second-order valence-electron chi connectivity index (χ2n) is 6.37.